The molecule has 1 atom stereocenters. The normalized spacial score (nSPS) is 12.9. The molecule has 66 valence electrons. The van der Waals surface area contributed by atoms with E-state index in [1.54, 1.807) is 0 Å². The lowest BCUT2D eigenvalue weighted by atomic mass is 10.1. The molecule has 0 aliphatic heterocycles. The van der Waals surface area contributed by atoms with Crippen LogP contribution in [0.5, 0.6) is 0 Å². The summed E-state index contributed by atoms with van der Waals surface area (Å²) in [6.45, 7) is 2.10. The maximum absolute atomic E-state index is 5.84. The van der Waals surface area contributed by atoms with Crippen LogP contribution in [0.25, 0.3) is 0 Å². The Hall–Kier alpha value is -0.140. The molecule has 0 saturated carbocycles. The fourth-order valence-electron chi connectivity index (χ4n) is 1.07. The molecule has 0 bridgehead atoms. The van der Waals surface area contributed by atoms with Crippen LogP contribution in [0.2, 0.25) is 5.02 Å². The Bertz CT molecular complexity index is 245. The first-order chi connectivity index (χ1) is 5.68. The number of rotatable bonds is 3. The molecule has 0 nitrogen and oxygen atoms in total. The van der Waals surface area contributed by atoms with E-state index in [0.717, 1.165) is 17.9 Å². The summed E-state index contributed by atoms with van der Waals surface area (Å²) in [7, 11) is 0. The Kier molecular flexibility index (Phi) is 3.96. The number of hydrogen-bond acceptors (Lipinski definition) is 1. The number of halogens is 1. The van der Waals surface area contributed by atoms with Gasteiger partial charge in [0, 0.05) is 5.02 Å². The molecule has 0 aliphatic carbocycles. The summed E-state index contributed by atoms with van der Waals surface area (Å²) in [5, 5.41) is 1.28. The van der Waals surface area contributed by atoms with Gasteiger partial charge in [-0.25, -0.2) is 0 Å². The van der Waals surface area contributed by atoms with Gasteiger partial charge in [-0.05, 0) is 35.8 Å². The summed E-state index contributed by atoms with van der Waals surface area (Å²) in [4.78, 5) is 0. The van der Waals surface area contributed by atoms with Crippen LogP contribution >= 0.6 is 24.2 Å². The van der Waals surface area contributed by atoms with E-state index in [-0.39, 0.29) is 0 Å². The molecule has 0 saturated heterocycles. The second-order valence-corrected chi connectivity index (χ2v) is 4.34. The van der Waals surface area contributed by atoms with Crippen molar-refractivity contribution in [1.82, 2.24) is 0 Å². The van der Waals surface area contributed by atoms with Crippen molar-refractivity contribution in [2.45, 2.75) is 25.0 Å². The highest BCUT2D eigenvalue weighted by Crippen LogP contribution is 2.13. The summed E-state index contributed by atoms with van der Waals surface area (Å²) >= 11 is 10.2. The second-order valence-electron chi connectivity index (χ2n) is 3.02. The molecule has 0 amide bonds. The monoisotopic (exact) mass is 200 g/mol. The molecule has 0 aromatic heterocycles. The predicted molar refractivity (Wildman–Crippen MR) is 58.2 cm³/mol. The lowest BCUT2D eigenvalue weighted by Gasteiger charge is -2.03. The van der Waals surface area contributed by atoms with Crippen molar-refractivity contribution in [3.8, 4) is 0 Å². The molecular weight excluding hydrogens is 188 g/mol. The van der Waals surface area contributed by atoms with Crippen molar-refractivity contribution in [1.29, 1.82) is 0 Å². The van der Waals surface area contributed by atoms with Gasteiger partial charge in [0.2, 0.25) is 0 Å². The van der Waals surface area contributed by atoms with Gasteiger partial charge in [0.1, 0.15) is 0 Å². The van der Waals surface area contributed by atoms with Crippen molar-refractivity contribution in [2.75, 3.05) is 0 Å². The van der Waals surface area contributed by atoms with E-state index in [2.05, 4.69) is 25.6 Å². The molecule has 0 N–H and O–H groups in total. The zero-order valence-corrected chi connectivity index (χ0v) is 8.78. The van der Waals surface area contributed by atoms with Crippen molar-refractivity contribution >= 4 is 24.2 Å². The number of hydrogen-bond donors (Lipinski definition) is 1. The van der Waals surface area contributed by atoms with Gasteiger partial charge in [0.15, 0.2) is 0 Å². The van der Waals surface area contributed by atoms with E-state index in [1.165, 1.54) is 5.56 Å². The molecule has 0 fully saturated rings. The van der Waals surface area contributed by atoms with Crippen molar-refractivity contribution < 1.29 is 0 Å². The van der Waals surface area contributed by atoms with Crippen molar-refractivity contribution in [3.63, 3.8) is 0 Å². The molecule has 1 rings (SSSR count). The van der Waals surface area contributed by atoms with Gasteiger partial charge < -0.3 is 0 Å². The van der Waals surface area contributed by atoms with E-state index in [9.17, 15) is 0 Å². The van der Waals surface area contributed by atoms with Crippen LogP contribution < -0.4 is 0 Å². The molecule has 0 heterocycles. The minimum Gasteiger partial charge on any atom is -0.176 e. The van der Waals surface area contributed by atoms with E-state index >= 15 is 0 Å². The fraction of sp³-hybridized carbons (Fsp3) is 0.400. The number of aryl methyl sites for hydroxylation is 1. The van der Waals surface area contributed by atoms with Crippen LogP contribution in [0.4, 0.5) is 0 Å². The highest BCUT2D eigenvalue weighted by molar-refractivity contribution is 7.80. The summed E-state index contributed by atoms with van der Waals surface area (Å²) in [5.41, 5.74) is 1.29. The quantitative estimate of drug-likeness (QED) is 0.709. The Morgan fingerprint density at radius 3 is 2.83 bits per heavy atom. The minimum atomic E-state index is 0.462. The first-order valence-corrected chi connectivity index (χ1v) is 5.00. The number of thiol groups is 1. The average molecular weight is 201 g/mol. The average Bonchev–Trinajstić information content (AvgIpc) is 2.01. The second kappa shape index (κ2) is 4.78. The van der Waals surface area contributed by atoms with Crippen LogP contribution in [0.3, 0.4) is 0 Å². The van der Waals surface area contributed by atoms with E-state index < -0.39 is 0 Å². The summed E-state index contributed by atoms with van der Waals surface area (Å²) < 4.78 is 0. The van der Waals surface area contributed by atoms with Crippen LogP contribution in [0, 0.1) is 0 Å². The molecule has 0 radical (unpaired) electrons. The molecule has 1 unspecified atom stereocenters. The standard InChI is InChI=1S/C10H13ClS/c1-8(12)5-6-9-3-2-4-10(11)7-9/h2-4,7-8,12H,5-6H2,1H3. The molecule has 2 heteroatoms. The predicted octanol–water partition coefficient (Wildman–Crippen LogP) is 3.59. The van der Waals surface area contributed by atoms with Gasteiger partial charge >= 0.3 is 0 Å². The lowest BCUT2D eigenvalue weighted by molar-refractivity contribution is 0.816. The molecule has 0 aliphatic rings. The van der Waals surface area contributed by atoms with Crippen molar-refractivity contribution in [2.24, 2.45) is 0 Å². The van der Waals surface area contributed by atoms with Crippen LogP contribution in [0.1, 0.15) is 18.9 Å². The molecular formula is C10H13ClS. The maximum atomic E-state index is 5.84. The highest BCUT2D eigenvalue weighted by atomic mass is 35.5. The van der Waals surface area contributed by atoms with E-state index in [4.69, 9.17) is 11.6 Å². The van der Waals surface area contributed by atoms with Crippen LogP contribution in [-0.4, -0.2) is 5.25 Å². The van der Waals surface area contributed by atoms with Crippen LogP contribution in [0.15, 0.2) is 24.3 Å². The Balaban J connectivity index is 2.52. The zero-order valence-electron chi connectivity index (χ0n) is 7.13. The zero-order chi connectivity index (χ0) is 8.97. The first kappa shape index (κ1) is 9.94. The van der Waals surface area contributed by atoms with Gasteiger partial charge in [-0.2, -0.15) is 12.6 Å². The fourth-order valence-corrected chi connectivity index (χ4v) is 1.41. The third-order valence-electron chi connectivity index (χ3n) is 1.74. The third kappa shape index (κ3) is 3.51. The molecule has 1 aromatic carbocycles. The van der Waals surface area contributed by atoms with Crippen molar-refractivity contribution in [3.05, 3.63) is 34.9 Å². The molecule has 12 heavy (non-hydrogen) atoms. The smallest absolute Gasteiger partial charge is 0.0408 e. The summed E-state index contributed by atoms with van der Waals surface area (Å²) in [6, 6.07) is 8.00. The third-order valence-corrected chi connectivity index (χ3v) is 2.23. The molecule has 1 aromatic rings. The summed E-state index contributed by atoms with van der Waals surface area (Å²) in [5.74, 6) is 0. The first-order valence-electron chi connectivity index (χ1n) is 4.11. The van der Waals surface area contributed by atoms with Gasteiger partial charge in [-0.15, -0.1) is 0 Å². The van der Waals surface area contributed by atoms with Gasteiger partial charge in [0.05, 0.1) is 0 Å². The SMILES string of the molecule is CC(S)CCc1cccc(Cl)c1. The Labute approximate surface area is 84.3 Å². The van der Waals surface area contributed by atoms with E-state index in [0.29, 0.717) is 5.25 Å². The summed E-state index contributed by atoms with van der Waals surface area (Å²) in [6.07, 6.45) is 2.16. The van der Waals surface area contributed by atoms with Gasteiger partial charge in [-0.3, -0.25) is 0 Å². The Morgan fingerprint density at radius 1 is 1.50 bits per heavy atom. The van der Waals surface area contributed by atoms with E-state index in [1.807, 2.05) is 18.2 Å². The minimum absolute atomic E-state index is 0.462. The maximum Gasteiger partial charge on any atom is 0.0408 e. The topological polar surface area (TPSA) is 0 Å². The van der Waals surface area contributed by atoms with Gasteiger partial charge in [-0.1, -0.05) is 30.7 Å². The molecule has 0 spiro atoms. The Morgan fingerprint density at radius 2 is 2.25 bits per heavy atom. The van der Waals surface area contributed by atoms with Crippen LogP contribution in [-0.2, 0) is 6.42 Å². The number of benzene rings is 1. The highest BCUT2D eigenvalue weighted by Gasteiger charge is 1.97. The lowest BCUT2D eigenvalue weighted by Crippen LogP contribution is -1.94. The largest absolute Gasteiger partial charge is 0.176 e. The van der Waals surface area contributed by atoms with Gasteiger partial charge in [0.25, 0.3) is 0 Å².